The summed E-state index contributed by atoms with van der Waals surface area (Å²) in [6.07, 6.45) is 5.40. The van der Waals surface area contributed by atoms with E-state index in [-0.39, 0.29) is 29.2 Å². The molecule has 0 saturated carbocycles. The van der Waals surface area contributed by atoms with Crippen molar-refractivity contribution in [2.45, 2.75) is 42.9 Å². The summed E-state index contributed by atoms with van der Waals surface area (Å²) in [4.78, 5) is 26.7. The lowest BCUT2D eigenvalue weighted by molar-refractivity contribution is 0.203. The third kappa shape index (κ3) is 4.76. The van der Waals surface area contributed by atoms with Gasteiger partial charge >= 0.3 is 5.69 Å². The molecular weight excluding hydrogens is 476 g/mol. The van der Waals surface area contributed by atoms with E-state index >= 15 is 0 Å². The van der Waals surface area contributed by atoms with E-state index in [1.165, 1.54) is 26.7 Å². The molecule has 2 aromatic carbocycles. The van der Waals surface area contributed by atoms with Gasteiger partial charge in [-0.15, -0.1) is 11.8 Å². The molecule has 4 rings (SSSR count). The lowest BCUT2D eigenvalue weighted by atomic mass is 10.1. The van der Waals surface area contributed by atoms with E-state index in [4.69, 9.17) is 4.43 Å². The number of benzene rings is 2. The van der Waals surface area contributed by atoms with Crippen molar-refractivity contribution < 1.29 is 9.53 Å². The number of H-pyrrole nitrogens is 1. The fourth-order valence-corrected chi connectivity index (χ4v) is 10.7. The molecule has 35 heavy (non-hydrogen) atoms. The van der Waals surface area contributed by atoms with Crippen LogP contribution in [-0.4, -0.2) is 40.9 Å². The molecular formula is C27H32N2O4SSi. The van der Waals surface area contributed by atoms with E-state index in [0.717, 1.165) is 0 Å². The number of aliphatic hydroxyl groups excluding tert-OH is 1. The zero-order valence-electron chi connectivity index (χ0n) is 20.5. The van der Waals surface area contributed by atoms with Crippen molar-refractivity contribution in [1.29, 1.82) is 0 Å². The molecule has 0 spiro atoms. The Morgan fingerprint density at radius 3 is 2.14 bits per heavy atom. The summed E-state index contributed by atoms with van der Waals surface area (Å²) in [7, 11) is -2.78. The Kier molecular flexibility index (Phi) is 7.10. The largest absolute Gasteiger partial charge is 0.406 e. The maximum Gasteiger partial charge on any atom is 0.329 e. The molecule has 1 aromatic heterocycles. The van der Waals surface area contributed by atoms with Crippen LogP contribution >= 0.6 is 11.8 Å². The molecule has 2 N–H and O–H groups in total. The normalized spacial score (nSPS) is 20.3. The highest BCUT2D eigenvalue weighted by Crippen LogP contribution is 2.45. The molecule has 8 heteroatoms. The molecule has 1 aliphatic rings. The Labute approximate surface area is 210 Å². The molecule has 0 radical (unpaired) electrons. The highest BCUT2D eigenvalue weighted by molar-refractivity contribution is 8.01. The Morgan fingerprint density at radius 1 is 1.06 bits per heavy atom. The van der Waals surface area contributed by atoms with Crippen LogP contribution in [0.25, 0.3) is 0 Å². The lowest BCUT2D eigenvalue weighted by Crippen LogP contribution is -2.67. The van der Waals surface area contributed by atoms with Crippen molar-refractivity contribution in [2.75, 3.05) is 13.2 Å². The number of hydrogen-bond acceptors (Lipinski definition) is 5. The van der Waals surface area contributed by atoms with E-state index in [2.05, 4.69) is 50.0 Å². The van der Waals surface area contributed by atoms with Gasteiger partial charge in [0.05, 0.1) is 18.0 Å². The van der Waals surface area contributed by atoms with Crippen molar-refractivity contribution in [2.24, 2.45) is 0 Å². The first-order valence-corrected chi connectivity index (χ1v) is 14.5. The Bertz CT molecular complexity index is 1280. The lowest BCUT2D eigenvalue weighted by Gasteiger charge is -2.44. The summed E-state index contributed by atoms with van der Waals surface area (Å²) in [6, 6.07) is 20.7. The third-order valence-corrected chi connectivity index (χ3v) is 13.0. The Morgan fingerprint density at radius 2 is 1.63 bits per heavy atom. The maximum atomic E-state index is 12.5. The van der Waals surface area contributed by atoms with Gasteiger partial charge in [0.15, 0.2) is 0 Å². The van der Waals surface area contributed by atoms with Crippen LogP contribution in [0.15, 0.2) is 88.6 Å². The summed E-state index contributed by atoms with van der Waals surface area (Å²) >= 11 is 1.46. The fourth-order valence-electron chi connectivity index (χ4n) is 4.71. The van der Waals surface area contributed by atoms with Crippen LogP contribution in [0.3, 0.4) is 0 Å². The number of thioether (sulfide) groups is 1. The number of nitrogens with zero attached hydrogens (tertiary/aromatic N) is 1. The number of aromatic amines is 1. The van der Waals surface area contributed by atoms with Crippen molar-refractivity contribution in [3.05, 3.63) is 105 Å². The quantitative estimate of drug-likeness (QED) is 0.379. The van der Waals surface area contributed by atoms with E-state index in [9.17, 15) is 14.7 Å². The molecule has 0 saturated heterocycles. The number of hydrogen-bond donors (Lipinski definition) is 2. The fraction of sp³-hybridized carbons (Fsp3) is 0.333. The average molecular weight is 509 g/mol. The number of aryl methyl sites for hydroxylation is 1. The summed E-state index contributed by atoms with van der Waals surface area (Å²) in [5.74, 6) is 0. The van der Waals surface area contributed by atoms with Crippen LogP contribution < -0.4 is 21.6 Å². The molecule has 2 heterocycles. The zero-order chi connectivity index (χ0) is 25.3. The topological polar surface area (TPSA) is 84.3 Å². The Balaban J connectivity index is 1.71. The second kappa shape index (κ2) is 9.77. The van der Waals surface area contributed by atoms with Crippen LogP contribution in [0.2, 0.25) is 5.04 Å². The van der Waals surface area contributed by atoms with Gasteiger partial charge in [-0.1, -0.05) is 93.6 Å². The monoisotopic (exact) mass is 508 g/mol. The SMILES string of the molecule is Cc1cn([C@H]2C=C[C@@](CO)(CO[Si](c3ccccc3)(c3ccccc3)C(C)(C)C)S2)c(=O)[nH]c1=O. The number of rotatable bonds is 7. The van der Waals surface area contributed by atoms with Gasteiger partial charge in [-0.3, -0.25) is 14.3 Å². The molecule has 0 bridgehead atoms. The minimum Gasteiger partial charge on any atom is -0.406 e. The van der Waals surface area contributed by atoms with Gasteiger partial charge < -0.3 is 9.53 Å². The molecule has 1 aliphatic heterocycles. The van der Waals surface area contributed by atoms with Crippen LogP contribution in [-0.2, 0) is 4.43 Å². The first-order valence-electron chi connectivity index (χ1n) is 11.7. The van der Waals surface area contributed by atoms with E-state index in [0.29, 0.717) is 5.56 Å². The van der Waals surface area contributed by atoms with Crippen LogP contribution in [0.1, 0.15) is 31.7 Å². The first kappa shape index (κ1) is 25.4. The second-order valence-corrected chi connectivity index (χ2v) is 15.9. The van der Waals surface area contributed by atoms with Gasteiger partial charge in [-0.2, -0.15) is 0 Å². The minimum absolute atomic E-state index is 0.139. The minimum atomic E-state index is -2.78. The first-order chi connectivity index (χ1) is 16.6. The van der Waals surface area contributed by atoms with Gasteiger partial charge in [-0.25, -0.2) is 4.79 Å². The summed E-state index contributed by atoms with van der Waals surface area (Å²) in [5.41, 5.74) is -0.394. The van der Waals surface area contributed by atoms with E-state index < -0.39 is 18.8 Å². The molecule has 0 amide bonds. The highest BCUT2D eigenvalue weighted by atomic mass is 32.2. The van der Waals surface area contributed by atoms with E-state index in [1.54, 1.807) is 13.1 Å². The van der Waals surface area contributed by atoms with Crippen molar-refractivity contribution in [1.82, 2.24) is 9.55 Å². The van der Waals surface area contributed by atoms with Crippen molar-refractivity contribution in [3.63, 3.8) is 0 Å². The second-order valence-electron chi connectivity index (χ2n) is 10.0. The molecule has 3 aromatic rings. The van der Waals surface area contributed by atoms with Crippen LogP contribution in [0.5, 0.6) is 0 Å². The number of nitrogens with one attached hydrogen (secondary N) is 1. The predicted molar refractivity (Wildman–Crippen MR) is 145 cm³/mol. The molecule has 0 aliphatic carbocycles. The van der Waals surface area contributed by atoms with Gasteiger partial charge in [0.2, 0.25) is 0 Å². The molecule has 0 fully saturated rings. The van der Waals surface area contributed by atoms with Crippen molar-refractivity contribution >= 4 is 30.5 Å². The molecule has 0 unspecified atom stereocenters. The van der Waals surface area contributed by atoms with Gasteiger partial charge in [0.1, 0.15) is 5.37 Å². The van der Waals surface area contributed by atoms with Gasteiger partial charge in [0.25, 0.3) is 13.9 Å². The zero-order valence-corrected chi connectivity index (χ0v) is 22.3. The summed E-state index contributed by atoms with van der Waals surface area (Å²) in [5, 5.41) is 12.3. The Hall–Kier alpha value is -2.65. The van der Waals surface area contributed by atoms with Gasteiger partial charge in [0, 0.05) is 11.8 Å². The number of aliphatic hydroxyl groups is 1. The maximum absolute atomic E-state index is 12.5. The summed E-state index contributed by atoms with van der Waals surface area (Å²) in [6.45, 7) is 8.46. The third-order valence-electron chi connectivity index (χ3n) is 6.56. The van der Waals surface area contributed by atoms with Gasteiger partial charge in [-0.05, 0) is 22.3 Å². The predicted octanol–water partition coefficient (Wildman–Crippen LogP) is 2.95. The van der Waals surface area contributed by atoms with Crippen molar-refractivity contribution in [3.8, 4) is 0 Å². The highest BCUT2D eigenvalue weighted by Gasteiger charge is 2.51. The number of aromatic nitrogens is 2. The smallest absolute Gasteiger partial charge is 0.329 e. The summed E-state index contributed by atoms with van der Waals surface area (Å²) < 4.78 is 7.84. The molecule has 184 valence electrons. The van der Waals surface area contributed by atoms with Crippen LogP contribution in [0.4, 0.5) is 0 Å². The molecule has 6 nitrogen and oxygen atoms in total. The molecule has 2 atom stereocenters. The average Bonchev–Trinajstić information content (AvgIpc) is 3.27. The van der Waals surface area contributed by atoms with E-state index in [1.807, 2.05) is 48.6 Å². The van der Waals surface area contributed by atoms with Crippen LogP contribution in [0, 0.1) is 6.92 Å². The standard InChI is InChI=1S/C27H32N2O4SSi/c1-20-17-29(25(32)28-24(20)31)23-15-16-27(18-30,34-23)19-33-35(26(2,3)4,21-11-7-5-8-12-21)22-13-9-6-10-14-22/h5-17,23,30H,18-19H2,1-4H3,(H,28,31,32)/t23-,27-/m1/s1.